The van der Waals surface area contributed by atoms with Gasteiger partial charge in [0.2, 0.25) is 0 Å². The largest absolute Gasteiger partial charge is 0.494 e. The minimum atomic E-state index is -0.355. The summed E-state index contributed by atoms with van der Waals surface area (Å²) in [6, 6.07) is 23.1. The first-order chi connectivity index (χ1) is 15.5. The molecule has 0 unspecified atom stereocenters. The van der Waals surface area contributed by atoms with Crippen molar-refractivity contribution < 1.29 is 14.3 Å². The molecule has 0 aliphatic carbocycles. The highest BCUT2D eigenvalue weighted by atomic mass is 79.9. The van der Waals surface area contributed by atoms with E-state index in [-0.39, 0.29) is 11.8 Å². The van der Waals surface area contributed by atoms with Crippen LogP contribution in [-0.2, 0) is 0 Å². The van der Waals surface area contributed by atoms with Crippen LogP contribution < -0.4 is 15.4 Å². The van der Waals surface area contributed by atoms with Gasteiger partial charge >= 0.3 is 0 Å². The van der Waals surface area contributed by atoms with E-state index in [2.05, 4.69) is 26.6 Å². The van der Waals surface area contributed by atoms with Crippen molar-refractivity contribution in [2.45, 2.75) is 0 Å². The predicted molar refractivity (Wildman–Crippen MR) is 132 cm³/mol. The van der Waals surface area contributed by atoms with E-state index in [0.717, 1.165) is 15.2 Å². The van der Waals surface area contributed by atoms with Crippen LogP contribution in [0.4, 0.5) is 11.4 Å². The molecule has 0 saturated carbocycles. The lowest BCUT2D eigenvalue weighted by Crippen LogP contribution is -2.14. The lowest BCUT2D eigenvalue weighted by atomic mass is 10.0. The van der Waals surface area contributed by atoms with Gasteiger partial charge in [-0.1, -0.05) is 63.9 Å². The zero-order chi connectivity index (χ0) is 22.7. The molecule has 0 heterocycles. The number of ether oxygens (including phenoxy) is 1. The standard InChI is InChI=1S/C25H18BrClN2O3/c1-32-23-14-15(12-13-22(23)29-25(31)19-6-2-3-11-21(19)27)28-24(30)18-9-4-8-17-16(18)7-5-10-20(17)26/h2-14H,1H3,(H,28,30)(H,29,31). The molecule has 0 bridgehead atoms. The lowest BCUT2D eigenvalue weighted by molar-refractivity contribution is 0.101. The third-order valence-electron chi connectivity index (χ3n) is 4.94. The average molecular weight is 510 g/mol. The Kier molecular flexibility index (Phi) is 6.44. The summed E-state index contributed by atoms with van der Waals surface area (Å²) < 4.78 is 6.34. The van der Waals surface area contributed by atoms with E-state index in [9.17, 15) is 9.59 Å². The van der Waals surface area contributed by atoms with E-state index in [1.165, 1.54) is 7.11 Å². The number of hydrogen-bond acceptors (Lipinski definition) is 3. The normalized spacial score (nSPS) is 10.6. The molecule has 0 aromatic heterocycles. The topological polar surface area (TPSA) is 67.4 Å². The van der Waals surface area contributed by atoms with Crippen molar-refractivity contribution >= 4 is 61.5 Å². The number of carbonyl (C=O) groups is 2. The summed E-state index contributed by atoms with van der Waals surface area (Å²) in [5, 5.41) is 7.85. The van der Waals surface area contributed by atoms with E-state index < -0.39 is 0 Å². The van der Waals surface area contributed by atoms with E-state index in [4.69, 9.17) is 16.3 Å². The summed E-state index contributed by atoms with van der Waals surface area (Å²) in [5.41, 5.74) is 1.91. The number of amides is 2. The molecule has 0 radical (unpaired) electrons. The zero-order valence-corrected chi connectivity index (χ0v) is 19.3. The van der Waals surface area contributed by atoms with Gasteiger partial charge in [-0.15, -0.1) is 0 Å². The van der Waals surface area contributed by atoms with Gasteiger partial charge in [0, 0.05) is 21.8 Å². The summed E-state index contributed by atoms with van der Waals surface area (Å²) in [4.78, 5) is 25.6. The molecule has 4 rings (SSSR count). The number of halogens is 2. The predicted octanol–water partition coefficient (Wildman–Crippen LogP) is 6.77. The molecule has 7 heteroatoms. The Morgan fingerprint density at radius 2 is 1.50 bits per heavy atom. The number of fused-ring (bicyclic) bond motifs is 1. The molecule has 0 fully saturated rings. The van der Waals surface area contributed by atoms with Gasteiger partial charge in [-0.25, -0.2) is 0 Å². The van der Waals surface area contributed by atoms with Crippen molar-refractivity contribution in [3.8, 4) is 5.75 Å². The third kappa shape index (κ3) is 4.47. The second-order valence-corrected chi connectivity index (χ2v) is 8.21. The summed E-state index contributed by atoms with van der Waals surface area (Å²) in [5.74, 6) is -0.195. The van der Waals surface area contributed by atoms with Crippen molar-refractivity contribution in [3.63, 3.8) is 0 Å². The Hall–Kier alpha value is -3.35. The van der Waals surface area contributed by atoms with E-state index in [1.54, 1.807) is 48.5 Å². The van der Waals surface area contributed by atoms with Crippen LogP contribution in [0.2, 0.25) is 5.02 Å². The number of nitrogens with one attached hydrogen (secondary N) is 2. The Balaban J connectivity index is 1.57. The average Bonchev–Trinajstić information content (AvgIpc) is 2.80. The van der Waals surface area contributed by atoms with Crippen molar-refractivity contribution in [2.75, 3.05) is 17.7 Å². The maximum Gasteiger partial charge on any atom is 0.257 e. The molecule has 0 aliphatic rings. The van der Waals surface area contributed by atoms with Gasteiger partial charge in [0.05, 0.1) is 23.4 Å². The number of carbonyl (C=O) groups excluding carboxylic acids is 2. The van der Waals surface area contributed by atoms with Crippen LogP contribution in [0.25, 0.3) is 10.8 Å². The van der Waals surface area contributed by atoms with E-state index >= 15 is 0 Å². The molecule has 0 saturated heterocycles. The van der Waals surface area contributed by atoms with Crippen molar-refractivity contribution in [1.29, 1.82) is 0 Å². The molecule has 5 nitrogen and oxygen atoms in total. The van der Waals surface area contributed by atoms with E-state index in [0.29, 0.717) is 33.3 Å². The van der Waals surface area contributed by atoms with Gasteiger partial charge in [-0.05, 0) is 47.2 Å². The van der Waals surface area contributed by atoms with Crippen LogP contribution in [-0.4, -0.2) is 18.9 Å². The third-order valence-corrected chi connectivity index (χ3v) is 5.96. The minimum absolute atomic E-state index is 0.247. The molecule has 2 N–H and O–H groups in total. The van der Waals surface area contributed by atoms with Crippen LogP contribution in [0.15, 0.2) is 83.3 Å². The quantitative estimate of drug-likeness (QED) is 0.312. The van der Waals surface area contributed by atoms with Crippen LogP contribution in [0.1, 0.15) is 20.7 Å². The Bertz CT molecular complexity index is 1340. The van der Waals surface area contributed by atoms with Crippen LogP contribution in [0, 0.1) is 0 Å². The van der Waals surface area contributed by atoms with Gasteiger partial charge < -0.3 is 15.4 Å². The van der Waals surface area contributed by atoms with Crippen LogP contribution in [0.3, 0.4) is 0 Å². The Labute approximate surface area is 198 Å². The van der Waals surface area contributed by atoms with Crippen molar-refractivity contribution in [3.05, 3.63) is 99.5 Å². The zero-order valence-electron chi connectivity index (χ0n) is 17.0. The second kappa shape index (κ2) is 9.42. The molecular formula is C25H18BrClN2O3. The van der Waals surface area contributed by atoms with Gasteiger partial charge in [-0.2, -0.15) is 0 Å². The minimum Gasteiger partial charge on any atom is -0.494 e. The highest BCUT2D eigenvalue weighted by molar-refractivity contribution is 9.10. The molecule has 0 aliphatic heterocycles. The fourth-order valence-corrected chi connectivity index (χ4v) is 4.10. The Morgan fingerprint density at radius 1 is 0.812 bits per heavy atom. The summed E-state index contributed by atoms with van der Waals surface area (Å²) in [6.07, 6.45) is 0. The maximum absolute atomic E-state index is 13.0. The molecule has 160 valence electrons. The number of hydrogen-bond donors (Lipinski definition) is 2. The first-order valence-corrected chi connectivity index (χ1v) is 10.9. The number of benzene rings is 4. The molecule has 32 heavy (non-hydrogen) atoms. The first kappa shape index (κ1) is 21.9. The summed E-state index contributed by atoms with van der Waals surface area (Å²) in [6.45, 7) is 0. The van der Waals surface area contributed by atoms with Crippen LogP contribution >= 0.6 is 27.5 Å². The van der Waals surface area contributed by atoms with E-state index in [1.807, 2.05) is 30.3 Å². The van der Waals surface area contributed by atoms with Gasteiger partial charge in [0.25, 0.3) is 11.8 Å². The van der Waals surface area contributed by atoms with Crippen LogP contribution in [0.5, 0.6) is 5.75 Å². The molecule has 0 atom stereocenters. The molecule has 0 spiro atoms. The molecule has 4 aromatic carbocycles. The number of methoxy groups -OCH3 is 1. The molecule has 4 aromatic rings. The fourth-order valence-electron chi connectivity index (χ4n) is 3.38. The summed E-state index contributed by atoms with van der Waals surface area (Å²) >= 11 is 9.63. The summed E-state index contributed by atoms with van der Waals surface area (Å²) in [7, 11) is 1.49. The second-order valence-electron chi connectivity index (χ2n) is 6.94. The highest BCUT2D eigenvalue weighted by Crippen LogP contribution is 2.30. The molecule has 2 amide bonds. The van der Waals surface area contributed by atoms with Gasteiger partial charge in [0.15, 0.2) is 0 Å². The van der Waals surface area contributed by atoms with Gasteiger partial charge in [0.1, 0.15) is 5.75 Å². The van der Waals surface area contributed by atoms with Gasteiger partial charge in [-0.3, -0.25) is 9.59 Å². The monoisotopic (exact) mass is 508 g/mol. The molecular weight excluding hydrogens is 492 g/mol. The first-order valence-electron chi connectivity index (χ1n) is 9.70. The fraction of sp³-hybridized carbons (Fsp3) is 0.0400. The Morgan fingerprint density at radius 3 is 2.28 bits per heavy atom. The van der Waals surface area contributed by atoms with Crippen molar-refractivity contribution in [2.24, 2.45) is 0 Å². The smallest absolute Gasteiger partial charge is 0.257 e. The maximum atomic E-state index is 13.0. The number of anilines is 2. The SMILES string of the molecule is COc1cc(NC(=O)c2cccc3c(Br)cccc23)ccc1NC(=O)c1ccccc1Cl. The van der Waals surface area contributed by atoms with Crippen molar-refractivity contribution in [1.82, 2.24) is 0 Å². The lowest BCUT2D eigenvalue weighted by Gasteiger charge is -2.14. The number of rotatable bonds is 5. The highest BCUT2D eigenvalue weighted by Gasteiger charge is 2.15.